The third kappa shape index (κ3) is 4.92. The van der Waals surface area contributed by atoms with Crippen molar-refractivity contribution in [3.05, 3.63) is 29.8 Å². The lowest BCUT2D eigenvalue weighted by atomic mass is 10.1. The van der Waals surface area contributed by atoms with E-state index in [1.165, 1.54) is 7.05 Å². The van der Waals surface area contributed by atoms with Gasteiger partial charge >= 0.3 is 0 Å². The molecule has 20 heavy (non-hydrogen) atoms. The van der Waals surface area contributed by atoms with Gasteiger partial charge in [-0.25, -0.2) is 13.1 Å². The maximum atomic E-state index is 12.0. The number of carbonyl (C=O) groups is 1. The predicted octanol–water partition coefficient (Wildman–Crippen LogP) is 0.127. The van der Waals surface area contributed by atoms with E-state index in [9.17, 15) is 13.2 Å². The van der Waals surface area contributed by atoms with Gasteiger partial charge in [0.2, 0.25) is 15.9 Å². The second kappa shape index (κ2) is 7.37. The fourth-order valence-corrected chi connectivity index (χ4v) is 2.72. The molecule has 0 aliphatic heterocycles. The lowest BCUT2D eigenvalue weighted by Gasteiger charge is -2.10. The van der Waals surface area contributed by atoms with E-state index in [2.05, 4.69) is 10.0 Å². The minimum absolute atomic E-state index is 0.235. The Morgan fingerprint density at radius 1 is 1.30 bits per heavy atom. The van der Waals surface area contributed by atoms with Crippen molar-refractivity contribution in [2.24, 2.45) is 5.73 Å². The maximum absolute atomic E-state index is 12.0. The first-order valence-electron chi connectivity index (χ1n) is 6.40. The zero-order chi connectivity index (χ0) is 15.2. The van der Waals surface area contributed by atoms with Crippen LogP contribution in [0.5, 0.6) is 0 Å². The molecule has 0 spiro atoms. The quantitative estimate of drug-likeness (QED) is 0.623. The van der Waals surface area contributed by atoms with Crippen molar-refractivity contribution in [2.45, 2.75) is 30.7 Å². The summed E-state index contributed by atoms with van der Waals surface area (Å²) in [4.78, 5) is 11.4. The summed E-state index contributed by atoms with van der Waals surface area (Å²) in [7, 11) is -1.98. The summed E-state index contributed by atoms with van der Waals surface area (Å²) in [6.45, 7) is 2.14. The number of nitrogens with two attached hydrogens (primary N) is 1. The molecule has 1 unspecified atom stereocenters. The van der Waals surface area contributed by atoms with E-state index in [0.717, 1.165) is 5.56 Å². The number of hydrogen-bond acceptors (Lipinski definition) is 4. The number of carbonyl (C=O) groups excluding carboxylic acids is 1. The molecule has 0 fully saturated rings. The number of aryl methyl sites for hydroxylation is 1. The third-order valence-electron chi connectivity index (χ3n) is 2.90. The molecule has 0 aromatic heterocycles. The number of rotatable bonds is 7. The molecule has 1 amide bonds. The molecule has 0 saturated heterocycles. The Labute approximate surface area is 119 Å². The Morgan fingerprint density at radius 2 is 1.90 bits per heavy atom. The highest BCUT2D eigenvalue weighted by molar-refractivity contribution is 7.89. The molecule has 0 bridgehead atoms. The second-order valence-corrected chi connectivity index (χ2v) is 6.34. The van der Waals surface area contributed by atoms with Crippen LogP contribution in [-0.2, 0) is 14.8 Å². The van der Waals surface area contributed by atoms with E-state index < -0.39 is 16.1 Å². The summed E-state index contributed by atoms with van der Waals surface area (Å²) in [5.74, 6) is -0.244. The highest BCUT2D eigenvalue weighted by atomic mass is 32.2. The number of sulfonamides is 1. The van der Waals surface area contributed by atoms with Gasteiger partial charge < -0.3 is 11.1 Å². The van der Waals surface area contributed by atoms with Gasteiger partial charge in [0.05, 0.1) is 10.9 Å². The average Bonchev–Trinajstić information content (AvgIpc) is 2.43. The van der Waals surface area contributed by atoms with Gasteiger partial charge in [-0.3, -0.25) is 4.79 Å². The summed E-state index contributed by atoms with van der Waals surface area (Å²) >= 11 is 0. The standard InChI is InChI=1S/C13H21N3O3S/c1-10-5-7-11(8-6-10)20(18,19)16-9-3-4-12(14)13(17)15-2/h5-8,12,16H,3-4,9,14H2,1-2H3,(H,15,17). The summed E-state index contributed by atoms with van der Waals surface area (Å²) in [6.07, 6.45) is 0.926. The normalized spacial score (nSPS) is 12.9. The fraction of sp³-hybridized carbons (Fsp3) is 0.462. The third-order valence-corrected chi connectivity index (χ3v) is 4.38. The first kappa shape index (κ1) is 16.6. The summed E-state index contributed by atoms with van der Waals surface area (Å²) in [5.41, 5.74) is 6.62. The van der Waals surface area contributed by atoms with Crippen LogP contribution < -0.4 is 15.8 Å². The molecule has 1 rings (SSSR count). The molecule has 6 nitrogen and oxygen atoms in total. The fourth-order valence-electron chi connectivity index (χ4n) is 1.65. The first-order chi connectivity index (χ1) is 9.36. The molecule has 1 aromatic rings. The Bertz CT molecular complexity index is 540. The van der Waals surface area contributed by atoms with Gasteiger partial charge in [0.15, 0.2) is 0 Å². The largest absolute Gasteiger partial charge is 0.358 e. The van der Waals surface area contributed by atoms with Crippen LogP contribution >= 0.6 is 0 Å². The molecular weight excluding hydrogens is 278 g/mol. The van der Waals surface area contributed by atoms with Crippen LogP contribution in [0.15, 0.2) is 29.2 Å². The van der Waals surface area contributed by atoms with Crippen LogP contribution in [0.2, 0.25) is 0 Å². The van der Waals surface area contributed by atoms with Crippen molar-refractivity contribution in [1.82, 2.24) is 10.0 Å². The molecular formula is C13H21N3O3S. The highest BCUT2D eigenvalue weighted by Gasteiger charge is 2.14. The SMILES string of the molecule is CNC(=O)C(N)CCCNS(=O)(=O)c1ccc(C)cc1. The lowest BCUT2D eigenvalue weighted by Crippen LogP contribution is -2.39. The van der Waals surface area contributed by atoms with E-state index in [0.29, 0.717) is 12.8 Å². The van der Waals surface area contributed by atoms with E-state index in [1.807, 2.05) is 6.92 Å². The average molecular weight is 299 g/mol. The van der Waals surface area contributed by atoms with E-state index in [-0.39, 0.29) is 17.3 Å². The van der Waals surface area contributed by atoms with Crippen LogP contribution in [0.3, 0.4) is 0 Å². The molecule has 0 aliphatic rings. The Balaban J connectivity index is 2.45. The molecule has 7 heteroatoms. The van der Waals surface area contributed by atoms with E-state index in [1.54, 1.807) is 24.3 Å². The molecule has 4 N–H and O–H groups in total. The summed E-state index contributed by atoms with van der Waals surface area (Å²) < 4.78 is 26.4. The van der Waals surface area contributed by atoms with Crippen molar-refractivity contribution in [3.8, 4) is 0 Å². The molecule has 112 valence electrons. The molecule has 0 aliphatic carbocycles. The summed E-state index contributed by atoms with van der Waals surface area (Å²) in [5, 5.41) is 2.45. The van der Waals surface area contributed by atoms with Crippen molar-refractivity contribution in [1.29, 1.82) is 0 Å². The number of hydrogen-bond donors (Lipinski definition) is 3. The Kier molecular flexibility index (Phi) is 6.12. The Hall–Kier alpha value is -1.44. The van der Waals surface area contributed by atoms with Crippen LogP contribution in [0.25, 0.3) is 0 Å². The molecule has 0 heterocycles. The minimum Gasteiger partial charge on any atom is -0.358 e. The van der Waals surface area contributed by atoms with Gasteiger partial charge in [0.25, 0.3) is 0 Å². The maximum Gasteiger partial charge on any atom is 0.240 e. The van der Waals surface area contributed by atoms with Crippen molar-refractivity contribution >= 4 is 15.9 Å². The van der Waals surface area contributed by atoms with Gasteiger partial charge in [-0.05, 0) is 31.9 Å². The zero-order valence-corrected chi connectivity index (χ0v) is 12.5. The van der Waals surface area contributed by atoms with Gasteiger partial charge in [0, 0.05) is 13.6 Å². The number of amides is 1. The Morgan fingerprint density at radius 3 is 2.45 bits per heavy atom. The number of benzene rings is 1. The van der Waals surface area contributed by atoms with Crippen LogP contribution in [0.4, 0.5) is 0 Å². The molecule has 0 saturated carbocycles. The van der Waals surface area contributed by atoms with Gasteiger partial charge in [-0.2, -0.15) is 0 Å². The molecule has 1 atom stereocenters. The summed E-state index contributed by atoms with van der Waals surface area (Å²) in [6, 6.07) is 6.01. The van der Waals surface area contributed by atoms with Crippen molar-refractivity contribution < 1.29 is 13.2 Å². The van der Waals surface area contributed by atoms with E-state index >= 15 is 0 Å². The smallest absolute Gasteiger partial charge is 0.240 e. The monoisotopic (exact) mass is 299 g/mol. The molecule has 1 aromatic carbocycles. The van der Waals surface area contributed by atoms with Gasteiger partial charge in [-0.15, -0.1) is 0 Å². The lowest BCUT2D eigenvalue weighted by molar-refractivity contribution is -0.122. The topological polar surface area (TPSA) is 101 Å². The number of nitrogens with one attached hydrogen (secondary N) is 2. The van der Waals surface area contributed by atoms with Gasteiger partial charge in [0.1, 0.15) is 0 Å². The predicted molar refractivity (Wildman–Crippen MR) is 77.6 cm³/mol. The zero-order valence-electron chi connectivity index (χ0n) is 11.7. The van der Waals surface area contributed by atoms with E-state index in [4.69, 9.17) is 5.73 Å². The number of likely N-dealkylation sites (N-methyl/N-ethyl adjacent to an activating group) is 1. The second-order valence-electron chi connectivity index (χ2n) is 4.57. The van der Waals surface area contributed by atoms with Crippen LogP contribution in [0, 0.1) is 6.92 Å². The minimum atomic E-state index is -3.49. The van der Waals surface area contributed by atoms with Crippen LogP contribution in [-0.4, -0.2) is 34.0 Å². The molecule has 0 radical (unpaired) electrons. The highest BCUT2D eigenvalue weighted by Crippen LogP contribution is 2.09. The van der Waals surface area contributed by atoms with Gasteiger partial charge in [-0.1, -0.05) is 17.7 Å². The van der Waals surface area contributed by atoms with Crippen molar-refractivity contribution in [2.75, 3.05) is 13.6 Å². The van der Waals surface area contributed by atoms with Crippen molar-refractivity contribution in [3.63, 3.8) is 0 Å². The first-order valence-corrected chi connectivity index (χ1v) is 7.88. The van der Waals surface area contributed by atoms with Crippen LogP contribution in [0.1, 0.15) is 18.4 Å².